The summed E-state index contributed by atoms with van der Waals surface area (Å²) in [7, 11) is 0. The SMILES string of the molecule is CCC1CCC(Nc2c(Cl)cc(Cl)c3nsnc23)C1. The molecule has 2 aromatic rings. The summed E-state index contributed by atoms with van der Waals surface area (Å²) < 4.78 is 8.55. The molecule has 19 heavy (non-hydrogen) atoms. The van der Waals surface area contributed by atoms with Crippen molar-refractivity contribution in [3.8, 4) is 0 Å². The highest BCUT2D eigenvalue weighted by atomic mass is 35.5. The summed E-state index contributed by atoms with van der Waals surface area (Å²) in [5, 5.41) is 4.74. The van der Waals surface area contributed by atoms with Crippen LogP contribution in [-0.4, -0.2) is 14.8 Å². The Morgan fingerprint density at radius 2 is 2.05 bits per heavy atom. The van der Waals surface area contributed by atoms with E-state index in [0.29, 0.717) is 16.1 Å². The Kier molecular flexibility index (Phi) is 3.83. The third-order valence-corrected chi connectivity index (χ3v) is 5.03. The number of anilines is 1. The van der Waals surface area contributed by atoms with Crippen LogP contribution in [0.15, 0.2) is 6.07 Å². The van der Waals surface area contributed by atoms with Crippen molar-refractivity contribution in [1.29, 1.82) is 0 Å². The molecule has 1 aliphatic rings. The zero-order chi connectivity index (χ0) is 13.4. The van der Waals surface area contributed by atoms with Crippen LogP contribution in [0.1, 0.15) is 32.6 Å². The van der Waals surface area contributed by atoms with E-state index in [-0.39, 0.29) is 0 Å². The van der Waals surface area contributed by atoms with Crippen LogP contribution in [0.5, 0.6) is 0 Å². The molecular weight excluding hydrogens is 301 g/mol. The van der Waals surface area contributed by atoms with Gasteiger partial charge in [-0.25, -0.2) is 0 Å². The maximum absolute atomic E-state index is 6.30. The molecule has 0 bridgehead atoms. The molecule has 2 atom stereocenters. The number of aromatic nitrogens is 2. The number of hydrogen-bond donors (Lipinski definition) is 1. The molecule has 0 saturated heterocycles. The summed E-state index contributed by atoms with van der Waals surface area (Å²) in [4.78, 5) is 0. The number of benzene rings is 1. The molecule has 1 heterocycles. The smallest absolute Gasteiger partial charge is 0.130 e. The van der Waals surface area contributed by atoms with Crippen LogP contribution in [-0.2, 0) is 0 Å². The molecule has 1 aromatic carbocycles. The number of fused-ring (bicyclic) bond motifs is 1. The molecule has 1 saturated carbocycles. The van der Waals surface area contributed by atoms with Crippen LogP contribution in [0.3, 0.4) is 0 Å². The van der Waals surface area contributed by atoms with Gasteiger partial charge in [0.25, 0.3) is 0 Å². The summed E-state index contributed by atoms with van der Waals surface area (Å²) in [6, 6.07) is 2.23. The van der Waals surface area contributed by atoms with Gasteiger partial charge in [0.1, 0.15) is 11.0 Å². The second-order valence-corrected chi connectivity index (χ2v) is 6.45. The maximum Gasteiger partial charge on any atom is 0.130 e. The lowest BCUT2D eigenvalue weighted by Gasteiger charge is -2.16. The maximum atomic E-state index is 6.30. The molecule has 0 spiro atoms. The minimum Gasteiger partial charge on any atom is -0.379 e. The van der Waals surface area contributed by atoms with Crippen LogP contribution in [0.25, 0.3) is 11.0 Å². The molecule has 1 fully saturated rings. The molecule has 0 aliphatic heterocycles. The van der Waals surface area contributed by atoms with Crippen LogP contribution in [0, 0.1) is 5.92 Å². The minimum absolute atomic E-state index is 0.480. The van der Waals surface area contributed by atoms with E-state index in [0.717, 1.165) is 22.6 Å². The molecule has 1 N–H and O–H groups in total. The molecule has 6 heteroatoms. The van der Waals surface area contributed by atoms with Gasteiger partial charge in [-0.1, -0.05) is 36.5 Å². The third-order valence-electron chi connectivity index (χ3n) is 3.91. The first-order valence-electron chi connectivity index (χ1n) is 6.55. The Hall–Kier alpha value is -0.580. The highest BCUT2D eigenvalue weighted by molar-refractivity contribution is 7.00. The van der Waals surface area contributed by atoms with Crippen molar-refractivity contribution in [1.82, 2.24) is 8.75 Å². The van der Waals surface area contributed by atoms with E-state index in [2.05, 4.69) is 21.0 Å². The second-order valence-electron chi connectivity index (χ2n) is 5.11. The van der Waals surface area contributed by atoms with Gasteiger partial charge in [-0.15, -0.1) is 0 Å². The molecule has 3 rings (SSSR count). The molecule has 0 amide bonds. The van der Waals surface area contributed by atoms with E-state index in [4.69, 9.17) is 23.2 Å². The highest BCUT2D eigenvalue weighted by Gasteiger charge is 2.25. The average Bonchev–Trinajstić information content (AvgIpc) is 3.03. The van der Waals surface area contributed by atoms with Gasteiger partial charge in [0, 0.05) is 6.04 Å². The Labute approximate surface area is 126 Å². The Morgan fingerprint density at radius 3 is 2.79 bits per heavy atom. The van der Waals surface area contributed by atoms with Gasteiger partial charge in [-0.2, -0.15) is 8.75 Å². The van der Waals surface area contributed by atoms with Gasteiger partial charge >= 0.3 is 0 Å². The van der Waals surface area contributed by atoms with Crippen LogP contribution >= 0.6 is 34.9 Å². The average molecular weight is 316 g/mol. The van der Waals surface area contributed by atoms with Crippen molar-refractivity contribution in [2.45, 2.75) is 38.6 Å². The van der Waals surface area contributed by atoms with Crippen molar-refractivity contribution < 1.29 is 0 Å². The van der Waals surface area contributed by atoms with E-state index >= 15 is 0 Å². The first-order valence-corrected chi connectivity index (χ1v) is 8.04. The Bertz CT molecular complexity index is 599. The molecule has 102 valence electrons. The lowest BCUT2D eigenvalue weighted by atomic mass is 10.1. The van der Waals surface area contributed by atoms with Crippen LogP contribution in [0.4, 0.5) is 5.69 Å². The summed E-state index contributed by atoms with van der Waals surface area (Å²) >= 11 is 13.6. The van der Waals surface area contributed by atoms with Crippen molar-refractivity contribution >= 4 is 51.7 Å². The van der Waals surface area contributed by atoms with E-state index in [1.807, 2.05) is 0 Å². The highest BCUT2D eigenvalue weighted by Crippen LogP contribution is 2.38. The quantitative estimate of drug-likeness (QED) is 0.867. The standard InChI is InChI=1S/C13H15Cl2N3S/c1-2-7-3-4-8(5-7)16-11-9(14)6-10(15)12-13(11)18-19-17-12/h6-8,16H,2-5H2,1H3. The summed E-state index contributed by atoms with van der Waals surface area (Å²) in [6.07, 6.45) is 4.93. The number of halogens is 2. The third kappa shape index (κ3) is 2.54. The molecule has 1 aliphatic carbocycles. The van der Waals surface area contributed by atoms with Crippen molar-refractivity contribution in [2.75, 3.05) is 5.32 Å². The zero-order valence-electron chi connectivity index (χ0n) is 10.6. The number of hydrogen-bond acceptors (Lipinski definition) is 4. The van der Waals surface area contributed by atoms with Crippen LogP contribution < -0.4 is 5.32 Å². The van der Waals surface area contributed by atoms with Gasteiger partial charge in [-0.3, -0.25) is 0 Å². The number of nitrogens with one attached hydrogen (secondary N) is 1. The fraction of sp³-hybridized carbons (Fsp3) is 0.538. The number of nitrogens with zero attached hydrogens (tertiary/aromatic N) is 2. The number of rotatable bonds is 3. The molecular formula is C13H15Cl2N3S. The molecule has 1 aromatic heterocycles. The lowest BCUT2D eigenvalue weighted by molar-refractivity contribution is 0.525. The van der Waals surface area contributed by atoms with Crippen molar-refractivity contribution in [3.05, 3.63) is 16.1 Å². The van der Waals surface area contributed by atoms with E-state index < -0.39 is 0 Å². The summed E-state index contributed by atoms with van der Waals surface area (Å²) in [5.41, 5.74) is 2.42. The molecule has 3 nitrogen and oxygen atoms in total. The Morgan fingerprint density at radius 1 is 1.26 bits per heavy atom. The van der Waals surface area contributed by atoms with Gasteiger partial charge in [0.2, 0.25) is 0 Å². The fourth-order valence-corrected chi connectivity index (χ4v) is 3.96. The Balaban J connectivity index is 1.91. The van der Waals surface area contributed by atoms with Gasteiger partial charge in [0.15, 0.2) is 0 Å². The predicted molar refractivity (Wildman–Crippen MR) is 82.5 cm³/mol. The topological polar surface area (TPSA) is 37.8 Å². The van der Waals surface area contributed by atoms with Gasteiger partial charge in [0.05, 0.1) is 27.5 Å². The van der Waals surface area contributed by atoms with E-state index in [1.54, 1.807) is 6.07 Å². The first-order chi connectivity index (χ1) is 9.19. The minimum atomic E-state index is 0.480. The molecule has 2 unspecified atom stereocenters. The summed E-state index contributed by atoms with van der Waals surface area (Å²) in [6.45, 7) is 2.25. The monoisotopic (exact) mass is 315 g/mol. The predicted octanol–water partition coefficient (Wildman–Crippen LogP) is 4.99. The second kappa shape index (κ2) is 5.43. The van der Waals surface area contributed by atoms with E-state index in [9.17, 15) is 0 Å². The fourth-order valence-electron chi connectivity index (χ4n) is 2.79. The molecule has 0 radical (unpaired) electrons. The summed E-state index contributed by atoms with van der Waals surface area (Å²) in [5.74, 6) is 0.827. The van der Waals surface area contributed by atoms with Gasteiger partial charge in [-0.05, 0) is 31.2 Å². The van der Waals surface area contributed by atoms with Gasteiger partial charge < -0.3 is 5.32 Å². The zero-order valence-corrected chi connectivity index (χ0v) is 12.9. The van der Waals surface area contributed by atoms with E-state index in [1.165, 1.54) is 37.4 Å². The van der Waals surface area contributed by atoms with Crippen molar-refractivity contribution in [2.24, 2.45) is 5.92 Å². The normalized spacial score (nSPS) is 23.1. The van der Waals surface area contributed by atoms with Crippen LogP contribution in [0.2, 0.25) is 10.0 Å². The lowest BCUT2D eigenvalue weighted by Crippen LogP contribution is -2.16. The van der Waals surface area contributed by atoms with Crippen molar-refractivity contribution in [3.63, 3.8) is 0 Å². The first kappa shape index (κ1) is 13.4. The largest absolute Gasteiger partial charge is 0.379 e.